The largest absolute Gasteiger partial charge is 0.309 e. The Bertz CT molecular complexity index is 598. The van der Waals surface area contributed by atoms with Crippen LogP contribution in [-0.4, -0.2) is 15.9 Å². The van der Waals surface area contributed by atoms with Gasteiger partial charge in [0.25, 0.3) is 0 Å². The summed E-state index contributed by atoms with van der Waals surface area (Å²) in [5.74, 6) is -1.19. The van der Waals surface area contributed by atoms with Gasteiger partial charge < -0.3 is 5.32 Å². The molecule has 1 heterocycles. The van der Waals surface area contributed by atoms with Crippen LogP contribution in [0, 0.1) is 5.95 Å². The van der Waals surface area contributed by atoms with Gasteiger partial charge >= 0.3 is 0 Å². The Kier molecular flexibility index (Phi) is 4.40. The minimum absolute atomic E-state index is 0.118. The van der Waals surface area contributed by atoms with E-state index in [1.54, 1.807) is 6.92 Å². The van der Waals surface area contributed by atoms with Gasteiger partial charge in [0.05, 0.1) is 18.3 Å². The second-order valence-electron chi connectivity index (χ2n) is 4.53. The van der Waals surface area contributed by atoms with E-state index in [9.17, 15) is 9.18 Å². The molecule has 0 saturated heterocycles. The smallest absolute Gasteiger partial charge is 0.233 e. The van der Waals surface area contributed by atoms with Crippen LogP contribution in [0.1, 0.15) is 30.9 Å². The molecule has 104 valence electrons. The molecule has 2 rings (SSSR count). The summed E-state index contributed by atoms with van der Waals surface area (Å²) in [6, 6.07) is 7.86. The lowest BCUT2D eigenvalue weighted by atomic mass is 9.98. The van der Waals surface area contributed by atoms with Crippen molar-refractivity contribution in [3.05, 3.63) is 53.7 Å². The number of hydrogen-bond donors (Lipinski definition) is 1. The van der Waals surface area contributed by atoms with Crippen molar-refractivity contribution in [3.63, 3.8) is 0 Å². The van der Waals surface area contributed by atoms with Crippen molar-refractivity contribution in [1.82, 2.24) is 9.97 Å². The molecule has 0 radical (unpaired) electrons. The Morgan fingerprint density at radius 3 is 2.60 bits per heavy atom. The quantitative estimate of drug-likeness (QED) is 0.931. The number of nitrogens with zero attached hydrogens (tertiary/aromatic N) is 2. The second-order valence-corrected chi connectivity index (χ2v) is 4.53. The summed E-state index contributed by atoms with van der Waals surface area (Å²) in [7, 11) is 0. The molecule has 0 saturated carbocycles. The van der Waals surface area contributed by atoms with E-state index in [0.29, 0.717) is 0 Å². The molecule has 1 aromatic heterocycles. The first-order valence-electron chi connectivity index (χ1n) is 6.47. The number of aromatic nitrogens is 2. The summed E-state index contributed by atoms with van der Waals surface area (Å²) >= 11 is 0. The summed E-state index contributed by atoms with van der Waals surface area (Å²) in [6.45, 7) is 3.87. The Morgan fingerprint density at radius 1 is 1.30 bits per heavy atom. The molecule has 4 nitrogen and oxygen atoms in total. The number of halogens is 1. The molecule has 1 aromatic carbocycles. The van der Waals surface area contributed by atoms with E-state index in [4.69, 9.17) is 0 Å². The SMILES string of the molecule is CCc1ccc(C(C)C(=O)Nc2cncc(F)n2)cc1. The molecular formula is C15H16FN3O. The number of nitrogens with one attached hydrogen (secondary N) is 1. The monoisotopic (exact) mass is 273 g/mol. The highest BCUT2D eigenvalue weighted by Crippen LogP contribution is 2.18. The first-order chi connectivity index (χ1) is 9.60. The molecule has 20 heavy (non-hydrogen) atoms. The maximum atomic E-state index is 12.9. The van der Waals surface area contributed by atoms with Crippen molar-refractivity contribution in [3.8, 4) is 0 Å². The minimum Gasteiger partial charge on any atom is -0.309 e. The third kappa shape index (κ3) is 3.38. The standard InChI is InChI=1S/C15H16FN3O/c1-3-11-4-6-12(7-5-11)10(2)15(20)19-14-9-17-8-13(16)18-14/h4-10H,3H2,1-2H3,(H,18,19,20). The fourth-order valence-electron chi connectivity index (χ4n) is 1.83. The third-order valence-electron chi connectivity index (χ3n) is 3.14. The molecule has 1 unspecified atom stereocenters. The third-order valence-corrected chi connectivity index (χ3v) is 3.14. The Labute approximate surface area is 117 Å². The number of amides is 1. The lowest BCUT2D eigenvalue weighted by Gasteiger charge is -2.12. The molecule has 0 aliphatic rings. The number of aryl methyl sites for hydroxylation is 1. The van der Waals surface area contributed by atoms with Gasteiger partial charge in [0, 0.05) is 0 Å². The van der Waals surface area contributed by atoms with Gasteiger partial charge in [0.2, 0.25) is 11.9 Å². The van der Waals surface area contributed by atoms with Crippen LogP contribution in [0.5, 0.6) is 0 Å². The second kappa shape index (κ2) is 6.23. The predicted octanol–water partition coefficient (Wildman–Crippen LogP) is 2.92. The normalized spacial score (nSPS) is 11.9. The summed E-state index contributed by atoms with van der Waals surface area (Å²) in [4.78, 5) is 19.3. The van der Waals surface area contributed by atoms with E-state index >= 15 is 0 Å². The van der Waals surface area contributed by atoms with Crippen molar-refractivity contribution in [2.45, 2.75) is 26.2 Å². The zero-order chi connectivity index (χ0) is 14.5. The number of benzene rings is 1. The molecule has 0 aliphatic carbocycles. The highest BCUT2D eigenvalue weighted by molar-refractivity contribution is 5.94. The van der Waals surface area contributed by atoms with Gasteiger partial charge in [-0.1, -0.05) is 31.2 Å². The molecule has 0 bridgehead atoms. The summed E-state index contributed by atoms with van der Waals surface area (Å²) in [5.41, 5.74) is 2.13. The van der Waals surface area contributed by atoms with Gasteiger partial charge in [-0.15, -0.1) is 0 Å². The Balaban J connectivity index is 2.07. The zero-order valence-electron chi connectivity index (χ0n) is 11.4. The average Bonchev–Trinajstić information content (AvgIpc) is 2.46. The molecule has 2 aromatic rings. The molecule has 1 amide bonds. The van der Waals surface area contributed by atoms with Crippen LogP contribution in [0.15, 0.2) is 36.7 Å². The summed E-state index contributed by atoms with van der Waals surface area (Å²) in [5, 5.41) is 2.56. The van der Waals surface area contributed by atoms with Gasteiger partial charge in [0.1, 0.15) is 0 Å². The van der Waals surface area contributed by atoms with E-state index in [1.807, 2.05) is 24.3 Å². The highest BCUT2D eigenvalue weighted by Gasteiger charge is 2.16. The summed E-state index contributed by atoms with van der Waals surface area (Å²) < 4.78 is 12.9. The molecular weight excluding hydrogens is 257 g/mol. The van der Waals surface area contributed by atoms with Gasteiger partial charge in [-0.25, -0.2) is 0 Å². The number of rotatable bonds is 4. The van der Waals surface area contributed by atoms with E-state index in [-0.39, 0.29) is 17.6 Å². The van der Waals surface area contributed by atoms with Crippen LogP contribution in [0.25, 0.3) is 0 Å². The maximum Gasteiger partial charge on any atom is 0.233 e. The van der Waals surface area contributed by atoms with E-state index in [1.165, 1.54) is 11.8 Å². The zero-order valence-corrected chi connectivity index (χ0v) is 11.4. The molecule has 1 atom stereocenters. The highest BCUT2D eigenvalue weighted by atomic mass is 19.1. The fraction of sp³-hybridized carbons (Fsp3) is 0.267. The Hall–Kier alpha value is -2.30. The first-order valence-corrected chi connectivity index (χ1v) is 6.47. The van der Waals surface area contributed by atoms with Crippen LogP contribution in [0.4, 0.5) is 10.2 Å². The first kappa shape index (κ1) is 14.1. The topological polar surface area (TPSA) is 54.9 Å². The van der Waals surface area contributed by atoms with Crippen LogP contribution in [-0.2, 0) is 11.2 Å². The van der Waals surface area contributed by atoms with Crippen LogP contribution in [0.2, 0.25) is 0 Å². The summed E-state index contributed by atoms with van der Waals surface area (Å²) in [6.07, 6.45) is 3.26. The predicted molar refractivity (Wildman–Crippen MR) is 74.9 cm³/mol. The van der Waals surface area contributed by atoms with Gasteiger partial charge in [-0.2, -0.15) is 9.37 Å². The van der Waals surface area contributed by atoms with Crippen molar-refractivity contribution < 1.29 is 9.18 Å². The number of hydrogen-bond acceptors (Lipinski definition) is 3. The van der Waals surface area contributed by atoms with E-state index < -0.39 is 5.95 Å². The molecule has 1 N–H and O–H groups in total. The van der Waals surface area contributed by atoms with Gasteiger partial charge in [0.15, 0.2) is 5.82 Å². The molecule has 5 heteroatoms. The number of carbonyl (C=O) groups excluding carboxylic acids is 1. The number of anilines is 1. The minimum atomic E-state index is -0.720. The fourth-order valence-corrected chi connectivity index (χ4v) is 1.83. The van der Waals surface area contributed by atoms with E-state index in [2.05, 4.69) is 22.2 Å². The maximum absolute atomic E-state index is 12.9. The van der Waals surface area contributed by atoms with Crippen LogP contribution >= 0.6 is 0 Å². The van der Waals surface area contributed by atoms with Crippen molar-refractivity contribution in [2.75, 3.05) is 5.32 Å². The molecule has 0 spiro atoms. The van der Waals surface area contributed by atoms with Crippen molar-refractivity contribution >= 4 is 11.7 Å². The average molecular weight is 273 g/mol. The Morgan fingerprint density at radius 2 is 2.00 bits per heavy atom. The van der Waals surface area contributed by atoms with E-state index in [0.717, 1.165) is 18.2 Å². The van der Waals surface area contributed by atoms with Crippen molar-refractivity contribution in [2.24, 2.45) is 0 Å². The van der Waals surface area contributed by atoms with Gasteiger partial charge in [-0.3, -0.25) is 9.78 Å². The molecule has 0 aliphatic heterocycles. The lowest BCUT2D eigenvalue weighted by molar-refractivity contribution is -0.117. The lowest BCUT2D eigenvalue weighted by Crippen LogP contribution is -2.19. The molecule has 0 fully saturated rings. The number of carbonyl (C=O) groups is 1. The van der Waals surface area contributed by atoms with Crippen LogP contribution < -0.4 is 5.32 Å². The van der Waals surface area contributed by atoms with Crippen molar-refractivity contribution in [1.29, 1.82) is 0 Å². The van der Waals surface area contributed by atoms with Crippen LogP contribution in [0.3, 0.4) is 0 Å². The van der Waals surface area contributed by atoms with Gasteiger partial charge in [-0.05, 0) is 24.5 Å².